The number of anilines is 2. The Hall–Kier alpha value is -2.25. The number of piperazine rings is 1. The molecule has 0 bridgehead atoms. The maximum atomic E-state index is 13.1. The lowest BCUT2D eigenvalue weighted by atomic mass is 9.92. The summed E-state index contributed by atoms with van der Waals surface area (Å²) < 4.78 is 34.3. The van der Waals surface area contributed by atoms with Crippen LogP contribution in [0.25, 0.3) is 0 Å². The number of methoxy groups -OCH3 is 1. The van der Waals surface area contributed by atoms with Crippen LogP contribution in [0.4, 0.5) is 11.4 Å². The average Bonchev–Trinajstić information content (AvgIpc) is 2.73. The number of ether oxygens (including phenoxy) is 1. The summed E-state index contributed by atoms with van der Waals surface area (Å²) in [5.74, 6) is 0.409. The SMILES string of the molecule is COc1cc2c(cc1S(=O)(=O)Nc1ccc(N3CCN(C)CC3)cc1)CCCC2. The maximum Gasteiger partial charge on any atom is 0.265 e. The summed E-state index contributed by atoms with van der Waals surface area (Å²) >= 11 is 0. The van der Waals surface area contributed by atoms with E-state index in [1.165, 1.54) is 12.7 Å². The van der Waals surface area contributed by atoms with Gasteiger partial charge in [0, 0.05) is 37.6 Å². The predicted octanol–water partition coefficient (Wildman–Crippen LogP) is 3.13. The first-order chi connectivity index (χ1) is 14.0. The van der Waals surface area contributed by atoms with Gasteiger partial charge in [-0.2, -0.15) is 0 Å². The standard InChI is InChI=1S/C22H29N3O3S/c1-24-11-13-25(14-12-24)20-9-7-19(8-10-20)23-29(26,27)22-16-18-6-4-3-5-17(18)15-21(22)28-2/h7-10,15-16,23H,3-6,11-14H2,1-2H3. The fourth-order valence-corrected chi connectivity index (χ4v) is 5.39. The zero-order valence-electron chi connectivity index (χ0n) is 17.1. The summed E-state index contributed by atoms with van der Waals surface area (Å²) in [6, 6.07) is 11.3. The molecule has 156 valence electrons. The van der Waals surface area contributed by atoms with E-state index < -0.39 is 10.0 Å². The lowest BCUT2D eigenvalue weighted by Gasteiger charge is -2.34. The van der Waals surface area contributed by atoms with Gasteiger partial charge in [0.2, 0.25) is 0 Å². The van der Waals surface area contributed by atoms with Gasteiger partial charge in [0.15, 0.2) is 0 Å². The minimum Gasteiger partial charge on any atom is -0.495 e. The van der Waals surface area contributed by atoms with E-state index in [0.29, 0.717) is 11.4 Å². The van der Waals surface area contributed by atoms with Gasteiger partial charge < -0.3 is 14.5 Å². The Balaban J connectivity index is 1.54. The summed E-state index contributed by atoms with van der Waals surface area (Å²) in [5, 5.41) is 0. The summed E-state index contributed by atoms with van der Waals surface area (Å²) in [6.07, 6.45) is 4.13. The largest absolute Gasteiger partial charge is 0.495 e. The zero-order valence-corrected chi connectivity index (χ0v) is 18.0. The molecule has 1 saturated heterocycles. The summed E-state index contributed by atoms with van der Waals surface area (Å²) in [7, 11) is -0.0784. The molecule has 29 heavy (non-hydrogen) atoms. The molecular formula is C22H29N3O3S. The van der Waals surface area contributed by atoms with Gasteiger partial charge in [0.1, 0.15) is 10.6 Å². The average molecular weight is 416 g/mol. The Bertz CT molecular complexity index is 966. The van der Waals surface area contributed by atoms with Gasteiger partial charge in [-0.1, -0.05) is 0 Å². The van der Waals surface area contributed by atoms with E-state index in [2.05, 4.69) is 21.6 Å². The van der Waals surface area contributed by atoms with Crippen molar-refractivity contribution in [3.63, 3.8) is 0 Å². The molecule has 2 aliphatic rings. The number of benzene rings is 2. The minimum atomic E-state index is -3.73. The second-order valence-electron chi connectivity index (χ2n) is 7.92. The molecule has 0 atom stereocenters. The smallest absolute Gasteiger partial charge is 0.265 e. The molecule has 0 radical (unpaired) electrons. The monoisotopic (exact) mass is 415 g/mol. The second-order valence-corrected chi connectivity index (χ2v) is 9.57. The number of hydrogen-bond acceptors (Lipinski definition) is 5. The van der Waals surface area contributed by atoms with Gasteiger partial charge in [-0.25, -0.2) is 8.42 Å². The Morgan fingerprint density at radius 1 is 0.931 bits per heavy atom. The number of rotatable bonds is 5. The number of nitrogens with one attached hydrogen (secondary N) is 1. The number of likely N-dealkylation sites (N-methyl/N-ethyl adjacent to an activating group) is 1. The Labute approximate surface area is 173 Å². The van der Waals surface area contributed by atoms with Crippen LogP contribution in [-0.2, 0) is 22.9 Å². The fraction of sp³-hybridized carbons (Fsp3) is 0.455. The third kappa shape index (κ3) is 4.36. The van der Waals surface area contributed by atoms with Crippen molar-refractivity contribution in [3.05, 3.63) is 47.5 Å². The van der Waals surface area contributed by atoms with Crippen LogP contribution in [0.5, 0.6) is 5.75 Å². The van der Waals surface area contributed by atoms with Crippen molar-refractivity contribution in [3.8, 4) is 5.75 Å². The van der Waals surface area contributed by atoms with E-state index in [1.54, 1.807) is 6.07 Å². The molecule has 4 rings (SSSR count). The van der Waals surface area contributed by atoms with Gasteiger partial charge >= 0.3 is 0 Å². The van der Waals surface area contributed by atoms with E-state index in [0.717, 1.165) is 63.1 Å². The second kappa shape index (κ2) is 8.24. The van der Waals surface area contributed by atoms with Gasteiger partial charge in [0.25, 0.3) is 10.0 Å². The Kier molecular flexibility index (Phi) is 5.69. The summed E-state index contributed by atoms with van der Waals surface area (Å²) in [6.45, 7) is 4.03. The van der Waals surface area contributed by atoms with E-state index >= 15 is 0 Å². The minimum absolute atomic E-state index is 0.212. The molecule has 1 aliphatic carbocycles. The third-order valence-electron chi connectivity index (χ3n) is 5.91. The third-order valence-corrected chi connectivity index (χ3v) is 7.31. The first-order valence-corrected chi connectivity index (χ1v) is 11.7. The van der Waals surface area contributed by atoms with Crippen LogP contribution in [0, 0.1) is 0 Å². The first-order valence-electron chi connectivity index (χ1n) is 10.2. The molecule has 0 aromatic heterocycles. The van der Waals surface area contributed by atoms with Crippen molar-refractivity contribution in [1.82, 2.24) is 4.90 Å². The molecule has 0 unspecified atom stereocenters. The number of nitrogens with zero attached hydrogens (tertiary/aromatic N) is 2. The molecule has 0 saturated carbocycles. The van der Waals surface area contributed by atoms with Crippen LogP contribution in [-0.4, -0.2) is 53.7 Å². The number of fused-ring (bicyclic) bond motifs is 1. The molecule has 0 amide bonds. The fourth-order valence-electron chi connectivity index (χ4n) is 4.13. The quantitative estimate of drug-likeness (QED) is 0.813. The number of aryl methyl sites for hydroxylation is 2. The van der Waals surface area contributed by atoms with Crippen molar-refractivity contribution >= 4 is 21.4 Å². The zero-order chi connectivity index (χ0) is 20.4. The van der Waals surface area contributed by atoms with Crippen molar-refractivity contribution < 1.29 is 13.2 Å². The Morgan fingerprint density at radius 3 is 2.17 bits per heavy atom. The number of hydrogen-bond donors (Lipinski definition) is 1. The van der Waals surface area contributed by atoms with Gasteiger partial charge in [0.05, 0.1) is 7.11 Å². The highest BCUT2D eigenvalue weighted by molar-refractivity contribution is 7.92. The summed E-state index contributed by atoms with van der Waals surface area (Å²) in [5.41, 5.74) is 3.99. The van der Waals surface area contributed by atoms with Gasteiger partial charge in [-0.3, -0.25) is 4.72 Å². The van der Waals surface area contributed by atoms with E-state index in [1.807, 2.05) is 30.3 Å². The van der Waals surface area contributed by atoms with Crippen molar-refractivity contribution in [2.45, 2.75) is 30.6 Å². The molecule has 7 heteroatoms. The topological polar surface area (TPSA) is 61.9 Å². The molecular weight excluding hydrogens is 386 g/mol. The highest BCUT2D eigenvalue weighted by Crippen LogP contribution is 2.33. The Morgan fingerprint density at radius 2 is 1.55 bits per heavy atom. The highest BCUT2D eigenvalue weighted by atomic mass is 32.2. The van der Waals surface area contributed by atoms with Crippen molar-refractivity contribution in [2.24, 2.45) is 0 Å². The van der Waals surface area contributed by atoms with Crippen LogP contribution in [0.3, 0.4) is 0 Å². The molecule has 6 nitrogen and oxygen atoms in total. The molecule has 1 aliphatic heterocycles. The molecule has 2 aromatic carbocycles. The van der Waals surface area contributed by atoms with Crippen LogP contribution < -0.4 is 14.4 Å². The maximum absolute atomic E-state index is 13.1. The lowest BCUT2D eigenvalue weighted by Crippen LogP contribution is -2.44. The van der Waals surface area contributed by atoms with Crippen LogP contribution in [0.15, 0.2) is 41.3 Å². The van der Waals surface area contributed by atoms with Crippen LogP contribution in [0.2, 0.25) is 0 Å². The number of sulfonamides is 1. The molecule has 1 N–H and O–H groups in total. The molecule has 1 fully saturated rings. The molecule has 1 heterocycles. The van der Waals surface area contributed by atoms with Crippen molar-refractivity contribution in [1.29, 1.82) is 0 Å². The normalized spacial score (nSPS) is 17.7. The molecule has 0 spiro atoms. The van der Waals surface area contributed by atoms with E-state index in [9.17, 15) is 8.42 Å². The van der Waals surface area contributed by atoms with Gasteiger partial charge in [-0.05, 0) is 80.3 Å². The summed E-state index contributed by atoms with van der Waals surface area (Å²) in [4.78, 5) is 4.85. The van der Waals surface area contributed by atoms with E-state index in [-0.39, 0.29) is 4.90 Å². The van der Waals surface area contributed by atoms with Crippen molar-refractivity contribution in [2.75, 3.05) is 50.0 Å². The highest BCUT2D eigenvalue weighted by Gasteiger charge is 2.23. The molecule has 2 aromatic rings. The lowest BCUT2D eigenvalue weighted by molar-refractivity contribution is 0.313. The van der Waals surface area contributed by atoms with Gasteiger partial charge in [-0.15, -0.1) is 0 Å². The van der Waals surface area contributed by atoms with Crippen LogP contribution in [0.1, 0.15) is 24.0 Å². The van der Waals surface area contributed by atoms with E-state index in [4.69, 9.17) is 4.74 Å². The van der Waals surface area contributed by atoms with Crippen LogP contribution >= 0.6 is 0 Å². The first kappa shape index (κ1) is 20.0. The predicted molar refractivity (Wildman–Crippen MR) is 117 cm³/mol.